The molecule has 2 heterocycles. The highest BCUT2D eigenvalue weighted by molar-refractivity contribution is 9.10. The molecule has 0 unspecified atom stereocenters. The smallest absolute Gasteiger partial charge is 0.168 e. The Morgan fingerprint density at radius 1 is 1.17 bits per heavy atom. The first-order valence-corrected chi connectivity index (χ1v) is 6.37. The monoisotopic (exact) mass is 302 g/mol. The van der Waals surface area contributed by atoms with E-state index in [4.69, 9.17) is 5.73 Å². The van der Waals surface area contributed by atoms with Gasteiger partial charge in [-0.1, -0.05) is 34.1 Å². The van der Waals surface area contributed by atoms with Crippen molar-refractivity contribution in [2.75, 3.05) is 0 Å². The van der Waals surface area contributed by atoms with Gasteiger partial charge in [-0.2, -0.15) is 0 Å². The summed E-state index contributed by atoms with van der Waals surface area (Å²) in [4.78, 5) is 0. The topological polar surface area (TPSA) is 56.2 Å². The third kappa shape index (κ3) is 1.91. The van der Waals surface area contributed by atoms with Crippen LogP contribution in [0.1, 0.15) is 5.56 Å². The number of fused-ring (bicyclic) bond motifs is 1. The molecule has 18 heavy (non-hydrogen) atoms. The molecule has 1 aromatic carbocycles. The van der Waals surface area contributed by atoms with Crippen LogP contribution in [0.15, 0.2) is 47.1 Å². The Hall–Kier alpha value is -1.72. The lowest BCUT2D eigenvalue weighted by Gasteiger charge is -2.02. The van der Waals surface area contributed by atoms with Crippen LogP contribution < -0.4 is 5.73 Å². The summed E-state index contributed by atoms with van der Waals surface area (Å²) in [6, 6.07) is 11.9. The minimum absolute atomic E-state index is 0.506. The lowest BCUT2D eigenvalue weighted by Crippen LogP contribution is -1.99. The van der Waals surface area contributed by atoms with Crippen LogP contribution in [-0.4, -0.2) is 14.6 Å². The molecule has 0 bridgehead atoms. The van der Waals surface area contributed by atoms with Crippen molar-refractivity contribution in [3.8, 4) is 11.4 Å². The normalized spacial score (nSPS) is 11.0. The van der Waals surface area contributed by atoms with Crippen LogP contribution in [0.25, 0.3) is 17.0 Å². The first-order chi connectivity index (χ1) is 8.78. The Balaban J connectivity index is 2.22. The molecule has 0 aliphatic rings. The summed E-state index contributed by atoms with van der Waals surface area (Å²) in [5, 5.41) is 8.39. The van der Waals surface area contributed by atoms with Gasteiger partial charge in [-0.05, 0) is 23.8 Å². The summed E-state index contributed by atoms with van der Waals surface area (Å²) in [6.07, 6.45) is 1.98. The maximum atomic E-state index is 5.66. The van der Waals surface area contributed by atoms with Gasteiger partial charge in [0.25, 0.3) is 0 Å². The van der Waals surface area contributed by atoms with Crippen molar-refractivity contribution in [1.29, 1.82) is 0 Å². The van der Waals surface area contributed by atoms with E-state index in [-0.39, 0.29) is 0 Å². The molecular weight excluding hydrogens is 292 g/mol. The summed E-state index contributed by atoms with van der Waals surface area (Å²) < 4.78 is 2.98. The largest absolute Gasteiger partial charge is 0.326 e. The Bertz CT molecular complexity index is 705. The first kappa shape index (κ1) is 11.4. The number of hydrogen-bond donors (Lipinski definition) is 1. The zero-order chi connectivity index (χ0) is 12.5. The highest BCUT2D eigenvalue weighted by Crippen LogP contribution is 2.22. The van der Waals surface area contributed by atoms with Gasteiger partial charge in [-0.3, -0.25) is 4.40 Å². The van der Waals surface area contributed by atoms with Crippen LogP contribution >= 0.6 is 15.9 Å². The quantitative estimate of drug-likeness (QED) is 0.792. The first-order valence-electron chi connectivity index (χ1n) is 5.57. The molecule has 4 nitrogen and oxygen atoms in total. The summed E-state index contributed by atoms with van der Waals surface area (Å²) in [7, 11) is 0. The molecule has 5 heteroatoms. The molecule has 90 valence electrons. The molecule has 3 rings (SSSR count). The van der Waals surface area contributed by atoms with Gasteiger partial charge in [0.2, 0.25) is 0 Å². The highest BCUT2D eigenvalue weighted by Gasteiger charge is 2.08. The number of rotatable bonds is 2. The summed E-state index contributed by atoms with van der Waals surface area (Å²) >= 11 is 3.46. The second kappa shape index (κ2) is 4.51. The van der Waals surface area contributed by atoms with Crippen LogP contribution in [0, 0.1) is 0 Å². The standard InChI is InChI=1S/C13H11BrN4/c14-11-3-1-2-10(6-11)13-17-16-12-5-4-9(7-15)8-18(12)13/h1-6,8H,7,15H2. The molecule has 2 aromatic heterocycles. The number of nitrogens with two attached hydrogens (primary N) is 1. The molecule has 0 fully saturated rings. The van der Waals surface area contributed by atoms with Crippen molar-refractivity contribution in [1.82, 2.24) is 14.6 Å². The lowest BCUT2D eigenvalue weighted by molar-refractivity contribution is 1.03. The van der Waals surface area contributed by atoms with Crippen LogP contribution in [0.3, 0.4) is 0 Å². The van der Waals surface area contributed by atoms with E-state index in [1.807, 2.05) is 47.0 Å². The number of aromatic nitrogens is 3. The third-order valence-corrected chi connectivity index (χ3v) is 3.28. The van der Waals surface area contributed by atoms with Gasteiger partial charge < -0.3 is 5.73 Å². The van der Waals surface area contributed by atoms with Gasteiger partial charge in [0.05, 0.1) is 0 Å². The molecule has 0 atom stereocenters. The van der Waals surface area contributed by atoms with Crippen molar-refractivity contribution in [2.45, 2.75) is 6.54 Å². The molecule has 0 amide bonds. The van der Waals surface area contributed by atoms with Gasteiger partial charge >= 0.3 is 0 Å². The second-order valence-electron chi connectivity index (χ2n) is 4.00. The Kier molecular flexibility index (Phi) is 2.85. The molecule has 2 N–H and O–H groups in total. The minimum Gasteiger partial charge on any atom is -0.326 e. The van der Waals surface area contributed by atoms with E-state index >= 15 is 0 Å². The van der Waals surface area contributed by atoms with Crippen molar-refractivity contribution in [2.24, 2.45) is 5.73 Å². The molecule has 0 saturated carbocycles. The third-order valence-electron chi connectivity index (χ3n) is 2.78. The number of pyridine rings is 1. The Morgan fingerprint density at radius 3 is 2.83 bits per heavy atom. The molecule has 0 radical (unpaired) electrons. The van der Waals surface area contributed by atoms with E-state index in [1.165, 1.54) is 0 Å². The molecule has 3 aromatic rings. The maximum absolute atomic E-state index is 5.66. The number of hydrogen-bond acceptors (Lipinski definition) is 3. The van der Waals surface area contributed by atoms with Gasteiger partial charge in [0, 0.05) is 22.8 Å². The van der Waals surface area contributed by atoms with Crippen LogP contribution in [0.2, 0.25) is 0 Å². The van der Waals surface area contributed by atoms with Gasteiger partial charge in [-0.15, -0.1) is 10.2 Å². The fraction of sp³-hybridized carbons (Fsp3) is 0.0769. The molecular formula is C13H11BrN4. The van der Waals surface area contributed by atoms with E-state index in [0.29, 0.717) is 6.54 Å². The van der Waals surface area contributed by atoms with Gasteiger partial charge in [0.15, 0.2) is 11.5 Å². The Labute approximate surface area is 113 Å². The zero-order valence-electron chi connectivity index (χ0n) is 9.55. The van der Waals surface area contributed by atoms with E-state index in [9.17, 15) is 0 Å². The number of nitrogens with zero attached hydrogens (tertiary/aromatic N) is 3. The lowest BCUT2D eigenvalue weighted by atomic mass is 10.2. The molecule has 0 aliphatic carbocycles. The second-order valence-corrected chi connectivity index (χ2v) is 4.92. The van der Waals surface area contributed by atoms with Crippen molar-refractivity contribution < 1.29 is 0 Å². The summed E-state index contributed by atoms with van der Waals surface area (Å²) in [5.41, 5.74) is 8.56. The highest BCUT2D eigenvalue weighted by atomic mass is 79.9. The van der Waals surface area contributed by atoms with Crippen LogP contribution in [0.4, 0.5) is 0 Å². The number of benzene rings is 1. The maximum Gasteiger partial charge on any atom is 0.168 e. The zero-order valence-corrected chi connectivity index (χ0v) is 11.1. The Morgan fingerprint density at radius 2 is 2.06 bits per heavy atom. The average Bonchev–Trinajstić information content (AvgIpc) is 2.81. The van der Waals surface area contributed by atoms with Crippen molar-refractivity contribution >= 4 is 21.6 Å². The fourth-order valence-electron chi connectivity index (χ4n) is 1.88. The van der Waals surface area contributed by atoms with E-state index in [1.54, 1.807) is 0 Å². The van der Waals surface area contributed by atoms with Crippen molar-refractivity contribution in [3.05, 3.63) is 52.6 Å². The summed E-state index contributed by atoms with van der Waals surface area (Å²) in [5.74, 6) is 0.821. The SMILES string of the molecule is NCc1ccc2nnc(-c3cccc(Br)c3)n2c1. The van der Waals surface area contributed by atoms with E-state index in [2.05, 4.69) is 26.1 Å². The predicted octanol–water partition coefficient (Wildman–Crippen LogP) is 2.62. The average molecular weight is 303 g/mol. The minimum atomic E-state index is 0.506. The van der Waals surface area contributed by atoms with Crippen LogP contribution in [0.5, 0.6) is 0 Å². The van der Waals surface area contributed by atoms with E-state index < -0.39 is 0 Å². The van der Waals surface area contributed by atoms with Crippen molar-refractivity contribution in [3.63, 3.8) is 0 Å². The summed E-state index contributed by atoms with van der Waals surface area (Å²) in [6.45, 7) is 0.506. The molecule has 0 saturated heterocycles. The van der Waals surface area contributed by atoms with Gasteiger partial charge in [-0.25, -0.2) is 0 Å². The van der Waals surface area contributed by atoms with E-state index in [0.717, 1.165) is 27.1 Å². The van der Waals surface area contributed by atoms with Gasteiger partial charge in [0.1, 0.15) is 0 Å². The molecule has 0 spiro atoms. The van der Waals surface area contributed by atoms with Crippen LogP contribution in [-0.2, 0) is 6.54 Å². The molecule has 0 aliphatic heterocycles. The fourth-order valence-corrected chi connectivity index (χ4v) is 2.28. The number of halogens is 1. The predicted molar refractivity (Wildman–Crippen MR) is 74.0 cm³/mol.